The molecule has 1 saturated heterocycles. The summed E-state index contributed by atoms with van der Waals surface area (Å²) in [6.07, 6.45) is 0.935. The number of piperazine rings is 1. The highest BCUT2D eigenvalue weighted by atomic mass is 32.1. The Labute approximate surface area is 162 Å². The van der Waals surface area contributed by atoms with Crippen LogP contribution in [0.25, 0.3) is 0 Å². The second kappa shape index (κ2) is 9.77. The van der Waals surface area contributed by atoms with Crippen LogP contribution in [0, 0.1) is 12.7 Å². The van der Waals surface area contributed by atoms with E-state index >= 15 is 0 Å². The van der Waals surface area contributed by atoms with Gasteiger partial charge in [-0.3, -0.25) is 4.79 Å². The molecule has 27 heavy (non-hydrogen) atoms. The Morgan fingerprint density at radius 1 is 1.33 bits per heavy atom. The second-order valence-corrected chi connectivity index (χ2v) is 7.55. The Hall–Kier alpha value is -2.03. The van der Waals surface area contributed by atoms with E-state index in [4.69, 9.17) is 4.74 Å². The van der Waals surface area contributed by atoms with E-state index < -0.39 is 0 Å². The fraction of sp³-hybridized carbons (Fsp3) is 0.474. The van der Waals surface area contributed by atoms with Crippen LogP contribution in [0.2, 0.25) is 0 Å². The zero-order chi connectivity index (χ0) is 19.1. The van der Waals surface area contributed by atoms with Crippen LogP contribution < -0.4 is 15.4 Å². The van der Waals surface area contributed by atoms with Crippen LogP contribution in [-0.2, 0) is 6.61 Å². The molecule has 1 amide bonds. The largest absolute Gasteiger partial charge is 0.486 e. The number of rotatable bonds is 8. The summed E-state index contributed by atoms with van der Waals surface area (Å²) in [6, 6.07) is 5.84. The Morgan fingerprint density at radius 3 is 2.81 bits per heavy atom. The van der Waals surface area contributed by atoms with Crippen molar-refractivity contribution in [2.45, 2.75) is 20.0 Å². The Kier molecular flexibility index (Phi) is 7.14. The highest BCUT2D eigenvalue weighted by molar-refractivity contribution is 7.13. The molecule has 0 radical (unpaired) electrons. The van der Waals surface area contributed by atoms with Gasteiger partial charge in [0.05, 0.1) is 5.69 Å². The first-order valence-corrected chi connectivity index (χ1v) is 9.99. The first-order valence-electron chi connectivity index (χ1n) is 9.18. The minimum absolute atomic E-state index is 0.0849. The molecule has 1 aliphatic heterocycles. The van der Waals surface area contributed by atoms with Gasteiger partial charge in [-0.25, -0.2) is 9.37 Å². The molecule has 0 saturated carbocycles. The lowest BCUT2D eigenvalue weighted by Crippen LogP contribution is -2.44. The van der Waals surface area contributed by atoms with E-state index in [0.29, 0.717) is 22.9 Å². The summed E-state index contributed by atoms with van der Waals surface area (Å²) in [6.45, 7) is 7.95. The highest BCUT2D eigenvalue weighted by Gasteiger charge is 2.16. The average Bonchev–Trinajstić information content (AvgIpc) is 3.06. The van der Waals surface area contributed by atoms with Gasteiger partial charge in [0.15, 0.2) is 0 Å². The minimum atomic E-state index is -0.302. The van der Waals surface area contributed by atoms with Crippen LogP contribution in [-0.4, -0.2) is 55.1 Å². The third-order valence-corrected chi connectivity index (χ3v) is 5.50. The van der Waals surface area contributed by atoms with Crippen LogP contribution in [0.5, 0.6) is 5.75 Å². The molecule has 6 nitrogen and oxygen atoms in total. The van der Waals surface area contributed by atoms with E-state index in [1.165, 1.54) is 23.5 Å². The highest BCUT2D eigenvalue weighted by Crippen LogP contribution is 2.20. The van der Waals surface area contributed by atoms with Gasteiger partial charge in [-0.05, 0) is 44.2 Å². The maximum atomic E-state index is 12.9. The van der Waals surface area contributed by atoms with Gasteiger partial charge in [0.25, 0.3) is 5.91 Å². The molecule has 8 heteroatoms. The van der Waals surface area contributed by atoms with Gasteiger partial charge in [-0.15, -0.1) is 11.3 Å². The van der Waals surface area contributed by atoms with Crippen LogP contribution in [0.15, 0.2) is 24.3 Å². The van der Waals surface area contributed by atoms with E-state index in [2.05, 4.69) is 20.5 Å². The predicted octanol–water partition coefficient (Wildman–Crippen LogP) is 2.19. The molecule has 2 heterocycles. The molecular weight excluding hydrogens is 367 g/mol. The van der Waals surface area contributed by atoms with E-state index in [1.54, 1.807) is 12.1 Å². The molecule has 3 rings (SSSR count). The van der Waals surface area contributed by atoms with E-state index in [-0.39, 0.29) is 18.3 Å². The van der Waals surface area contributed by atoms with E-state index in [9.17, 15) is 9.18 Å². The number of carbonyl (C=O) groups excluding carboxylic acids is 1. The Morgan fingerprint density at radius 2 is 2.07 bits per heavy atom. The van der Waals surface area contributed by atoms with Gasteiger partial charge in [0.1, 0.15) is 28.1 Å². The lowest BCUT2D eigenvalue weighted by Gasteiger charge is -2.27. The number of amides is 1. The zero-order valence-electron chi connectivity index (χ0n) is 15.5. The van der Waals surface area contributed by atoms with Crippen molar-refractivity contribution in [3.63, 3.8) is 0 Å². The number of aryl methyl sites for hydroxylation is 1. The lowest BCUT2D eigenvalue weighted by molar-refractivity contribution is 0.0954. The SMILES string of the molecule is Cc1nc(COc2ccc(F)cc2)sc1C(=O)NCCCN1CCNCC1. The number of hydrogen-bond acceptors (Lipinski definition) is 6. The molecule has 0 unspecified atom stereocenters. The maximum absolute atomic E-state index is 12.9. The molecule has 1 aromatic carbocycles. The number of benzene rings is 1. The molecule has 1 fully saturated rings. The summed E-state index contributed by atoms with van der Waals surface area (Å²) in [4.78, 5) is 19.8. The second-order valence-electron chi connectivity index (χ2n) is 6.47. The Bertz CT molecular complexity index is 745. The number of thiazole rings is 1. The molecular formula is C19H25FN4O2S. The summed E-state index contributed by atoms with van der Waals surface area (Å²) >= 11 is 1.34. The predicted molar refractivity (Wildman–Crippen MR) is 104 cm³/mol. The molecule has 1 aromatic heterocycles. The van der Waals surface area contributed by atoms with Crippen molar-refractivity contribution in [1.82, 2.24) is 20.5 Å². The first-order chi connectivity index (χ1) is 13.1. The van der Waals surface area contributed by atoms with E-state index in [1.807, 2.05) is 6.92 Å². The van der Waals surface area contributed by atoms with Crippen molar-refractivity contribution in [2.75, 3.05) is 39.3 Å². The van der Waals surface area contributed by atoms with Crippen molar-refractivity contribution in [3.05, 3.63) is 45.7 Å². The monoisotopic (exact) mass is 392 g/mol. The quantitative estimate of drug-likeness (QED) is 0.674. The van der Waals surface area contributed by atoms with Crippen LogP contribution in [0.3, 0.4) is 0 Å². The number of carbonyl (C=O) groups is 1. The number of halogens is 1. The average molecular weight is 393 g/mol. The first kappa shape index (κ1) is 19.7. The maximum Gasteiger partial charge on any atom is 0.263 e. The summed E-state index contributed by atoms with van der Waals surface area (Å²) in [5, 5.41) is 7.04. The normalized spacial score (nSPS) is 14.9. The van der Waals surface area contributed by atoms with Crippen molar-refractivity contribution in [3.8, 4) is 5.75 Å². The zero-order valence-corrected chi connectivity index (χ0v) is 16.3. The van der Waals surface area contributed by atoms with Crippen molar-refractivity contribution >= 4 is 17.2 Å². The molecule has 0 spiro atoms. The Balaban J connectivity index is 1.43. The molecule has 0 bridgehead atoms. The van der Waals surface area contributed by atoms with Crippen molar-refractivity contribution in [2.24, 2.45) is 0 Å². The van der Waals surface area contributed by atoms with Crippen molar-refractivity contribution < 1.29 is 13.9 Å². The van der Waals surface area contributed by atoms with Crippen LogP contribution in [0.4, 0.5) is 4.39 Å². The fourth-order valence-corrected chi connectivity index (χ4v) is 3.81. The topological polar surface area (TPSA) is 66.5 Å². The lowest BCUT2D eigenvalue weighted by atomic mass is 10.3. The number of nitrogens with one attached hydrogen (secondary N) is 2. The number of nitrogens with zero attached hydrogens (tertiary/aromatic N) is 2. The molecule has 146 valence electrons. The summed E-state index contributed by atoms with van der Waals surface area (Å²) in [5.74, 6) is 0.185. The fourth-order valence-electron chi connectivity index (χ4n) is 2.92. The van der Waals surface area contributed by atoms with Gasteiger partial charge in [0, 0.05) is 32.7 Å². The number of hydrogen-bond donors (Lipinski definition) is 2. The van der Waals surface area contributed by atoms with Gasteiger partial charge in [0.2, 0.25) is 0 Å². The van der Waals surface area contributed by atoms with Crippen LogP contribution in [0.1, 0.15) is 26.8 Å². The van der Waals surface area contributed by atoms with Crippen LogP contribution >= 0.6 is 11.3 Å². The molecule has 2 N–H and O–H groups in total. The summed E-state index contributed by atoms with van der Waals surface area (Å²) < 4.78 is 18.5. The van der Waals surface area contributed by atoms with Gasteiger partial charge in [-0.1, -0.05) is 0 Å². The number of ether oxygens (including phenoxy) is 1. The van der Waals surface area contributed by atoms with Gasteiger partial charge < -0.3 is 20.3 Å². The minimum Gasteiger partial charge on any atom is -0.486 e. The number of aromatic nitrogens is 1. The molecule has 1 aliphatic rings. The summed E-state index contributed by atoms with van der Waals surface area (Å²) in [7, 11) is 0. The smallest absolute Gasteiger partial charge is 0.263 e. The van der Waals surface area contributed by atoms with Crippen molar-refractivity contribution in [1.29, 1.82) is 0 Å². The summed E-state index contributed by atoms with van der Waals surface area (Å²) in [5.41, 5.74) is 0.706. The van der Waals surface area contributed by atoms with E-state index in [0.717, 1.165) is 44.2 Å². The molecule has 0 atom stereocenters. The molecule has 2 aromatic rings. The van der Waals surface area contributed by atoms with Gasteiger partial charge in [-0.2, -0.15) is 0 Å². The van der Waals surface area contributed by atoms with Gasteiger partial charge >= 0.3 is 0 Å². The third-order valence-electron chi connectivity index (χ3n) is 4.37. The molecule has 0 aliphatic carbocycles. The third kappa shape index (κ3) is 5.98. The standard InChI is InChI=1S/C19H25FN4O2S/c1-14-18(19(25)22-7-2-10-24-11-8-21-9-12-24)27-17(23-14)13-26-16-5-3-15(20)4-6-16/h3-6,21H,2,7-13H2,1H3,(H,22,25).